The van der Waals surface area contributed by atoms with Gasteiger partial charge in [0.25, 0.3) is 0 Å². The highest BCUT2D eigenvalue weighted by Gasteiger charge is 2.39. The molecule has 0 aromatic rings. The number of rotatable bonds is 13. The first kappa shape index (κ1) is 27.8. The minimum absolute atomic E-state index is 0.165. The van der Waals surface area contributed by atoms with Crippen LogP contribution in [0, 0.1) is 5.92 Å². The third-order valence-corrected chi connectivity index (χ3v) is 5.71. The molecule has 1 fully saturated rings. The molecular weight excluding hydrogens is 436 g/mol. The zero-order chi connectivity index (χ0) is 25.3. The smallest absolute Gasteiger partial charge is 0.326 e. The van der Waals surface area contributed by atoms with Crippen molar-refractivity contribution >= 4 is 35.5 Å². The fraction of sp³-hybridized carbons (Fsp3) is 0.700. The van der Waals surface area contributed by atoms with Crippen LogP contribution in [0.1, 0.15) is 52.4 Å². The van der Waals surface area contributed by atoms with E-state index in [4.69, 9.17) is 17.2 Å². The number of nitrogens with one attached hydrogen (secondary N) is 2. The summed E-state index contributed by atoms with van der Waals surface area (Å²) in [7, 11) is 0. The van der Waals surface area contributed by atoms with Crippen molar-refractivity contribution in [2.75, 3.05) is 6.54 Å². The SMILES string of the molecule is CCC(C)C(N)C(=O)NC(CC(N)=O)C(=O)N1CCCC1C(=O)NC(CCC(N)=O)C(=O)O. The Labute approximate surface area is 191 Å². The molecule has 5 unspecified atom stereocenters. The largest absolute Gasteiger partial charge is 0.480 e. The van der Waals surface area contributed by atoms with Gasteiger partial charge in [-0.25, -0.2) is 4.79 Å². The molecule has 0 aromatic heterocycles. The Kier molecular flexibility index (Phi) is 10.7. The van der Waals surface area contributed by atoms with Crippen molar-refractivity contribution in [1.82, 2.24) is 15.5 Å². The van der Waals surface area contributed by atoms with Crippen molar-refractivity contribution in [1.29, 1.82) is 0 Å². The normalized spacial score (nSPS) is 19.1. The number of carbonyl (C=O) groups is 6. The van der Waals surface area contributed by atoms with Gasteiger partial charge in [0.15, 0.2) is 0 Å². The zero-order valence-corrected chi connectivity index (χ0v) is 18.9. The second-order valence-electron chi connectivity index (χ2n) is 8.24. The molecule has 0 aliphatic carbocycles. The monoisotopic (exact) mass is 470 g/mol. The number of carbonyl (C=O) groups excluding carboxylic acids is 5. The van der Waals surface area contributed by atoms with E-state index in [1.54, 1.807) is 6.92 Å². The van der Waals surface area contributed by atoms with E-state index in [0.29, 0.717) is 12.8 Å². The number of nitrogens with zero attached hydrogens (tertiary/aromatic N) is 1. The summed E-state index contributed by atoms with van der Waals surface area (Å²) in [5.41, 5.74) is 16.2. The average Bonchev–Trinajstić information content (AvgIpc) is 3.23. The standard InChI is InChI=1S/C20H34N6O7/c1-3-10(2)16(23)18(30)25-12(9-15(22)28)19(31)26-8-4-5-13(26)17(29)24-11(20(32)33)6-7-14(21)27/h10-13,16H,3-9,23H2,1-2H3,(H2,21,27)(H2,22,28)(H,24,29)(H,25,30)(H,32,33). The molecular formula is C20H34N6O7. The van der Waals surface area contributed by atoms with Gasteiger partial charge in [-0.15, -0.1) is 0 Å². The Morgan fingerprint density at radius 2 is 1.70 bits per heavy atom. The number of likely N-dealkylation sites (tertiary alicyclic amines) is 1. The van der Waals surface area contributed by atoms with Crippen LogP contribution in [-0.4, -0.2) is 76.2 Å². The van der Waals surface area contributed by atoms with Gasteiger partial charge in [0, 0.05) is 13.0 Å². The summed E-state index contributed by atoms with van der Waals surface area (Å²) in [6.45, 7) is 3.79. The van der Waals surface area contributed by atoms with Crippen LogP contribution in [0.3, 0.4) is 0 Å². The van der Waals surface area contributed by atoms with E-state index < -0.39 is 66.1 Å². The molecule has 5 amide bonds. The van der Waals surface area contributed by atoms with Crippen LogP contribution < -0.4 is 27.8 Å². The van der Waals surface area contributed by atoms with Gasteiger partial charge in [0.2, 0.25) is 29.5 Å². The highest BCUT2D eigenvalue weighted by atomic mass is 16.4. The molecule has 186 valence electrons. The molecule has 9 N–H and O–H groups in total. The number of nitrogens with two attached hydrogens (primary N) is 3. The van der Waals surface area contributed by atoms with Crippen molar-refractivity contribution in [3.8, 4) is 0 Å². The Balaban J connectivity index is 2.97. The van der Waals surface area contributed by atoms with Crippen LogP contribution in [0.4, 0.5) is 0 Å². The highest BCUT2D eigenvalue weighted by molar-refractivity contribution is 5.96. The van der Waals surface area contributed by atoms with Gasteiger partial charge in [-0.3, -0.25) is 24.0 Å². The maximum atomic E-state index is 13.1. The van der Waals surface area contributed by atoms with Crippen molar-refractivity contribution in [2.45, 2.75) is 76.5 Å². The first-order chi connectivity index (χ1) is 15.4. The van der Waals surface area contributed by atoms with Crippen LogP contribution in [0.2, 0.25) is 0 Å². The summed E-state index contributed by atoms with van der Waals surface area (Å²) < 4.78 is 0. The van der Waals surface area contributed by atoms with E-state index in [9.17, 15) is 33.9 Å². The summed E-state index contributed by atoms with van der Waals surface area (Å²) in [6, 6.07) is -4.60. The molecule has 1 aliphatic rings. The highest BCUT2D eigenvalue weighted by Crippen LogP contribution is 2.20. The van der Waals surface area contributed by atoms with Gasteiger partial charge < -0.3 is 37.8 Å². The van der Waals surface area contributed by atoms with Crippen LogP contribution in [0.15, 0.2) is 0 Å². The lowest BCUT2D eigenvalue weighted by Gasteiger charge is -2.30. The average molecular weight is 471 g/mol. The first-order valence-corrected chi connectivity index (χ1v) is 10.8. The van der Waals surface area contributed by atoms with Crippen molar-refractivity contribution in [3.05, 3.63) is 0 Å². The van der Waals surface area contributed by atoms with Crippen molar-refractivity contribution in [3.63, 3.8) is 0 Å². The van der Waals surface area contributed by atoms with Crippen molar-refractivity contribution in [2.24, 2.45) is 23.1 Å². The second kappa shape index (κ2) is 12.7. The maximum Gasteiger partial charge on any atom is 0.326 e. The molecule has 13 nitrogen and oxygen atoms in total. The third kappa shape index (κ3) is 8.33. The molecule has 0 bridgehead atoms. The molecule has 0 aromatic carbocycles. The van der Waals surface area contributed by atoms with Gasteiger partial charge in [0.05, 0.1) is 12.5 Å². The summed E-state index contributed by atoms with van der Waals surface area (Å²) in [6.07, 6.45) is 0.394. The number of aliphatic carboxylic acids is 1. The van der Waals surface area contributed by atoms with Crippen LogP contribution in [0.5, 0.6) is 0 Å². The second-order valence-corrected chi connectivity index (χ2v) is 8.24. The van der Waals surface area contributed by atoms with Gasteiger partial charge in [0.1, 0.15) is 18.1 Å². The fourth-order valence-corrected chi connectivity index (χ4v) is 3.50. The molecule has 0 saturated carbocycles. The van der Waals surface area contributed by atoms with Crippen LogP contribution >= 0.6 is 0 Å². The van der Waals surface area contributed by atoms with Gasteiger partial charge in [-0.1, -0.05) is 20.3 Å². The molecule has 1 aliphatic heterocycles. The summed E-state index contributed by atoms with van der Waals surface area (Å²) >= 11 is 0. The molecule has 1 saturated heterocycles. The Bertz CT molecular complexity index is 774. The van der Waals surface area contributed by atoms with Gasteiger partial charge in [-0.2, -0.15) is 0 Å². The summed E-state index contributed by atoms with van der Waals surface area (Å²) in [5.74, 6) is -5.11. The summed E-state index contributed by atoms with van der Waals surface area (Å²) in [5, 5.41) is 14.1. The first-order valence-electron chi connectivity index (χ1n) is 10.8. The number of carboxylic acids is 1. The van der Waals surface area contributed by atoms with E-state index in [1.807, 2.05) is 6.92 Å². The molecule has 5 atom stereocenters. The quantitative estimate of drug-likeness (QED) is 0.169. The lowest BCUT2D eigenvalue weighted by atomic mass is 9.98. The molecule has 13 heteroatoms. The number of hydrogen-bond acceptors (Lipinski definition) is 7. The predicted molar refractivity (Wildman–Crippen MR) is 116 cm³/mol. The van der Waals surface area contributed by atoms with E-state index in [1.165, 1.54) is 4.90 Å². The predicted octanol–water partition coefficient (Wildman–Crippen LogP) is -2.45. The third-order valence-electron chi connectivity index (χ3n) is 5.71. The molecule has 1 heterocycles. The van der Waals surface area contributed by atoms with Crippen LogP contribution in [0.25, 0.3) is 0 Å². The lowest BCUT2D eigenvalue weighted by molar-refractivity contribution is -0.145. The molecule has 33 heavy (non-hydrogen) atoms. The Hall–Kier alpha value is -3.22. The minimum atomic E-state index is -1.36. The fourth-order valence-electron chi connectivity index (χ4n) is 3.50. The molecule has 1 rings (SSSR count). The topological polar surface area (TPSA) is 228 Å². The van der Waals surface area contributed by atoms with Crippen LogP contribution in [-0.2, 0) is 28.8 Å². The van der Waals surface area contributed by atoms with E-state index in [-0.39, 0.29) is 31.7 Å². The Morgan fingerprint density at radius 3 is 2.21 bits per heavy atom. The van der Waals surface area contributed by atoms with Gasteiger partial charge in [-0.05, 0) is 25.2 Å². The maximum absolute atomic E-state index is 13.1. The number of hydrogen-bond donors (Lipinski definition) is 6. The number of amides is 5. The molecule has 0 radical (unpaired) electrons. The van der Waals surface area contributed by atoms with Crippen molar-refractivity contribution < 1.29 is 33.9 Å². The van der Waals surface area contributed by atoms with E-state index >= 15 is 0 Å². The number of primary amides is 2. The Morgan fingerprint density at radius 1 is 1.06 bits per heavy atom. The van der Waals surface area contributed by atoms with Gasteiger partial charge >= 0.3 is 5.97 Å². The zero-order valence-electron chi connectivity index (χ0n) is 18.9. The lowest BCUT2D eigenvalue weighted by Crippen LogP contribution is -2.58. The van der Waals surface area contributed by atoms with E-state index in [0.717, 1.165) is 0 Å². The minimum Gasteiger partial charge on any atom is -0.480 e. The van der Waals surface area contributed by atoms with E-state index in [2.05, 4.69) is 10.6 Å². The summed E-state index contributed by atoms with van der Waals surface area (Å²) in [4.78, 5) is 73.4. The number of carboxylic acid groups (broad SMARTS) is 1. The molecule has 0 spiro atoms.